The lowest BCUT2D eigenvalue weighted by molar-refractivity contribution is -0.137. The van der Waals surface area contributed by atoms with Gasteiger partial charge in [0.25, 0.3) is 5.56 Å². The van der Waals surface area contributed by atoms with Crippen molar-refractivity contribution in [3.63, 3.8) is 0 Å². The second-order valence-corrected chi connectivity index (χ2v) is 6.68. The van der Waals surface area contributed by atoms with Crippen LogP contribution in [0.25, 0.3) is 0 Å². The summed E-state index contributed by atoms with van der Waals surface area (Å²) in [6.07, 6.45) is -4.65. The van der Waals surface area contributed by atoms with Crippen LogP contribution in [0.15, 0.2) is 34.2 Å². The van der Waals surface area contributed by atoms with Crippen molar-refractivity contribution in [2.75, 3.05) is 11.1 Å². The zero-order valence-electron chi connectivity index (χ0n) is 12.6. The number of nitrogens with zero attached hydrogens (tertiary/aromatic N) is 1. The lowest BCUT2D eigenvalue weighted by Crippen LogP contribution is -2.25. The fourth-order valence-electron chi connectivity index (χ4n) is 1.83. The molecule has 0 fully saturated rings. The minimum atomic E-state index is -4.65. The Balaban J connectivity index is 2.19. The molecule has 0 aliphatic rings. The van der Waals surface area contributed by atoms with Gasteiger partial charge in [-0.15, -0.1) is 0 Å². The van der Waals surface area contributed by atoms with Crippen molar-refractivity contribution >= 4 is 40.8 Å². The summed E-state index contributed by atoms with van der Waals surface area (Å²) in [7, 11) is 0. The summed E-state index contributed by atoms with van der Waals surface area (Å²) in [5, 5.41) is 1.46. The number of nitrogens with one attached hydrogen (secondary N) is 2. The molecular weight excluding hydrogens is 381 g/mol. The number of amides is 1. The third-order valence-electron chi connectivity index (χ3n) is 2.94. The van der Waals surface area contributed by atoms with E-state index >= 15 is 0 Å². The van der Waals surface area contributed by atoms with Crippen LogP contribution in [0.5, 0.6) is 0 Å². The number of aromatic amines is 1. The predicted octanol–water partition coefficient (Wildman–Crippen LogP) is 3.14. The molecule has 0 aliphatic carbocycles. The average Bonchev–Trinajstić information content (AvgIpc) is 2.44. The van der Waals surface area contributed by atoms with Crippen molar-refractivity contribution in [3.8, 4) is 0 Å². The second kappa shape index (κ2) is 7.36. The number of carbonyl (C=O) groups excluding carboxylic acids is 1. The van der Waals surface area contributed by atoms with E-state index in [1.165, 1.54) is 6.92 Å². The van der Waals surface area contributed by atoms with Crippen molar-refractivity contribution in [3.05, 3.63) is 45.2 Å². The number of nitrogen functional groups attached to an aromatic ring is 1. The number of halogens is 4. The highest BCUT2D eigenvalue weighted by molar-refractivity contribution is 8.00. The molecule has 1 unspecified atom stereocenters. The highest BCUT2D eigenvalue weighted by Crippen LogP contribution is 2.36. The molecule has 1 heterocycles. The van der Waals surface area contributed by atoms with Gasteiger partial charge in [0.1, 0.15) is 5.82 Å². The van der Waals surface area contributed by atoms with Crippen molar-refractivity contribution in [1.82, 2.24) is 9.97 Å². The van der Waals surface area contributed by atoms with Crippen LogP contribution in [0.4, 0.5) is 24.7 Å². The maximum atomic E-state index is 13.0. The first-order chi connectivity index (χ1) is 11.6. The van der Waals surface area contributed by atoms with Gasteiger partial charge in [0, 0.05) is 11.1 Å². The Morgan fingerprint density at radius 2 is 2.08 bits per heavy atom. The highest BCUT2D eigenvalue weighted by Gasteiger charge is 2.34. The van der Waals surface area contributed by atoms with Crippen molar-refractivity contribution < 1.29 is 18.0 Å². The van der Waals surface area contributed by atoms with Crippen LogP contribution < -0.4 is 16.6 Å². The number of H-pyrrole nitrogens is 1. The van der Waals surface area contributed by atoms with Crippen LogP contribution in [-0.4, -0.2) is 21.1 Å². The normalized spacial score (nSPS) is 12.7. The Kier molecular flexibility index (Phi) is 5.63. The molecule has 1 aromatic heterocycles. The van der Waals surface area contributed by atoms with E-state index in [1.54, 1.807) is 0 Å². The molecule has 6 nitrogen and oxygen atoms in total. The maximum absolute atomic E-state index is 13.0. The molecule has 0 saturated heterocycles. The number of thioether (sulfide) groups is 1. The molecule has 1 aromatic carbocycles. The van der Waals surface area contributed by atoms with E-state index in [-0.39, 0.29) is 16.0 Å². The molecule has 134 valence electrons. The van der Waals surface area contributed by atoms with Gasteiger partial charge in [-0.1, -0.05) is 23.4 Å². The molecule has 4 N–H and O–H groups in total. The van der Waals surface area contributed by atoms with E-state index in [1.807, 2.05) is 0 Å². The van der Waals surface area contributed by atoms with Crippen LogP contribution in [0.2, 0.25) is 5.02 Å². The van der Waals surface area contributed by atoms with Crippen LogP contribution in [-0.2, 0) is 11.0 Å². The fraction of sp³-hybridized carbons (Fsp3) is 0.214. The molecule has 2 aromatic rings. The molecule has 1 atom stereocenters. The summed E-state index contributed by atoms with van der Waals surface area (Å²) in [4.78, 5) is 29.7. The van der Waals surface area contributed by atoms with Crippen LogP contribution >= 0.6 is 23.4 Å². The maximum Gasteiger partial charge on any atom is 0.418 e. The summed E-state index contributed by atoms with van der Waals surface area (Å²) in [5.41, 5.74) is 3.46. The third kappa shape index (κ3) is 5.13. The predicted molar refractivity (Wildman–Crippen MR) is 89.7 cm³/mol. The number of anilines is 2. The second-order valence-electron chi connectivity index (χ2n) is 4.91. The molecular formula is C14H12ClF3N4O2S. The van der Waals surface area contributed by atoms with Gasteiger partial charge in [-0.05, 0) is 25.1 Å². The SMILES string of the molecule is CC(Sc1nc(N)cc(=O)[nH]1)C(=O)Nc1cc(Cl)ccc1C(F)(F)F. The van der Waals surface area contributed by atoms with Gasteiger partial charge in [0.15, 0.2) is 5.16 Å². The first-order valence-electron chi connectivity index (χ1n) is 6.77. The molecule has 0 saturated carbocycles. The Morgan fingerprint density at radius 3 is 2.68 bits per heavy atom. The summed E-state index contributed by atoms with van der Waals surface area (Å²) in [6.45, 7) is 1.45. The Hall–Kier alpha value is -2.20. The lowest BCUT2D eigenvalue weighted by atomic mass is 10.1. The first kappa shape index (κ1) is 19.1. The number of hydrogen-bond acceptors (Lipinski definition) is 5. The standard InChI is InChI=1S/C14H12ClF3N4O2S/c1-6(25-13-21-10(19)5-11(23)22-13)12(24)20-9-4-7(15)2-3-8(9)14(16,17)18/h2-6H,1H3,(H,20,24)(H3,19,21,22,23). The molecule has 25 heavy (non-hydrogen) atoms. The van der Waals surface area contributed by atoms with E-state index in [0.717, 1.165) is 36.0 Å². The highest BCUT2D eigenvalue weighted by atomic mass is 35.5. The average molecular weight is 393 g/mol. The molecule has 11 heteroatoms. The Morgan fingerprint density at radius 1 is 1.40 bits per heavy atom. The molecule has 0 aliphatic heterocycles. The monoisotopic (exact) mass is 392 g/mol. The number of rotatable bonds is 4. The van der Waals surface area contributed by atoms with E-state index in [0.29, 0.717) is 0 Å². The summed E-state index contributed by atoms with van der Waals surface area (Å²) < 4.78 is 39.0. The van der Waals surface area contributed by atoms with Gasteiger partial charge < -0.3 is 16.0 Å². The fourth-order valence-corrected chi connectivity index (χ4v) is 2.82. The van der Waals surface area contributed by atoms with Crippen LogP contribution in [0.3, 0.4) is 0 Å². The summed E-state index contributed by atoms with van der Waals surface area (Å²) in [6, 6.07) is 3.95. The van der Waals surface area contributed by atoms with Crippen molar-refractivity contribution in [1.29, 1.82) is 0 Å². The molecule has 0 bridgehead atoms. The number of alkyl halides is 3. The zero-order valence-corrected chi connectivity index (χ0v) is 14.2. The molecule has 1 amide bonds. The molecule has 2 rings (SSSR count). The first-order valence-corrected chi connectivity index (χ1v) is 8.03. The van der Waals surface area contributed by atoms with Gasteiger partial charge in [-0.3, -0.25) is 9.59 Å². The zero-order chi connectivity index (χ0) is 18.8. The van der Waals surface area contributed by atoms with Gasteiger partial charge >= 0.3 is 6.18 Å². The summed E-state index contributed by atoms with van der Waals surface area (Å²) >= 11 is 6.55. The lowest BCUT2D eigenvalue weighted by Gasteiger charge is -2.16. The number of hydrogen-bond donors (Lipinski definition) is 3. The Bertz CT molecular complexity index is 857. The van der Waals surface area contributed by atoms with Gasteiger partial charge in [-0.2, -0.15) is 13.2 Å². The minimum Gasteiger partial charge on any atom is -0.383 e. The van der Waals surface area contributed by atoms with Crippen LogP contribution in [0, 0.1) is 0 Å². The van der Waals surface area contributed by atoms with E-state index in [9.17, 15) is 22.8 Å². The number of carbonyl (C=O) groups is 1. The van der Waals surface area contributed by atoms with Gasteiger partial charge in [0.2, 0.25) is 5.91 Å². The molecule has 0 radical (unpaired) electrons. The van der Waals surface area contributed by atoms with Crippen molar-refractivity contribution in [2.24, 2.45) is 0 Å². The number of benzene rings is 1. The quantitative estimate of drug-likeness (QED) is 0.548. The minimum absolute atomic E-state index is 0.0342. The third-order valence-corrected chi connectivity index (χ3v) is 4.16. The molecule has 0 spiro atoms. The van der Waals surface area contributed by atoms with Gasteiger partial charge in [0.05, 0.1) is 16.5 Å². The largest absolute Gasteiger partial charge is 0.418 e. The van der Waals surface area contributed by atoms with E-state index in [2.05, 4.69) is 15.3 Å². The van der Waals surface area contributed by atoms with Gasteiger partial charge in [-0.25, -0.2) is 4.98 Å². The Labute approximate surface area is 149 Å². The van der Waals surface area contributed by atoms with Crippen LogP contribution in [0.1, 0.15) is 12.5 Å². The van der Waals surface area contributed by atoms with E-state index in [4.69, 9.17) is 17.3 Å². The number of nitrogens with two attached hydrogens (primary N) is 1. The summed E-state index contributed by atoms with van der Waals surface area (Å²) in [5.74, 6) is -0.754. The number of aromatic nitrogens is 2. The van der Waals surface area contributed by atoms with Crippen molar-refractivity contribution in [2.45, 2.75) is 23.5 Å². The topological polar surface area (TPSA) is 101 Å². The van der Waals surface area contributed by atoms with E-state index < -0.39 is 34.1 Å². The smallest absolute Gasteiger partial charge is 0.383 e.